The molecule has 0 aromatic heterocycles. The molecular formula is C29H24N4O6. The first-order valence-corrected chi connectivity index (χ1v) is 11.8. The first kappa shape index (κ1) is 26.7. The van der Waals surface area contributed by atoms with Crippen molar-refractivity contribution in [2.45, 2.75) is 6.42 Å². The third-order valence-corrected chi connectivity index (χ3v) is 5.83. The Morgan fingerprint density at radius 2 is 1.03 bits per heavy atom. The number of nitro groups is 2. The van der Waals surface area contributed by atoms with E-state index in [0.717, 1.165) is 11.1 Å². The maximum atomic E-state index is 11.1. The fraction of sp³-hybridized carbons (Fsp3) is 0.103. The summed E-state index contributed by atoms with van der Waals surface area (Å²) in [6.45, 7) is 0. The number of ether oxygens (including phenoxy) is 2. The maximum Gasteiger partial charge on any atom is 0.270 e. The van der Waals surface area contributed by atoms with Gasteiger partial charge in [-0.05, 0) is 53.9 Å². The molecule has 0 saturated carbocycles. The number of hydrogen-bond donors (Lipinski definition) is 0. The molecule has 4 aromatic carbocycles. The molecular weight excluding hydrogens is 500 g/mol. The summed E-state index contributed by atoms with van der Waals surface area (Å²) in [7, 11) is 3.00. The molecule has 10 heteroatoms. The summed E-state index contributed by atoms with van der Waals surface area (Å²) in [4.78, 5) is 30.1. The van der Waals surface area contributed by atoms with Crippen LogP contribution in [0.3, 0.4) is 0 Å². The van der Waals surface area contributed by atoms with Crippen LogP contribution in [-0.4, -0.2) is 36.5 Å². The highest BCUT2D eigenvalue weighted by Crippen LogP contribution is 2.25. The SMILES string of the molecule is COc1ccc([N+](=O)[O-])cc1C=Nc1ccc(Cc2ccc(N=Cc3cc([N+](=O)[O-])ccc3OC)cc2)cc1. The molecule has 0 bridgehead atoms. The lowest BCUT2D eigenvalue weighted by Gasteiger charge is -2.05. The second-order valence-electron chi connectivity index (χ2n) is 8.39. The van der Waals surface area contributed by atoms with Crippen molar-refractivity contribution in [2.24, 2.45) is 9.98 Å². The third kappa shape index (κ3) is 6.89. The summed E-state index contributed by atoms with van der Waals surface area (Å²) in [6.07, 6.45) is 3.79. The Bertz CT molecular complexity index is 1430. The average molecular weight is 525 g/mol. The van der Waals surface area contributed by atoms with Gasteiger partial charge in [-0.25, -0.2) is 0 Å². The van der Waals surface area contributed by atoms with Gasteiger partial charge in [-0.2, -0.15) is 0 Å². The van der Waals surface area contributed by atoms with Crippen molar-refractivity contribution in [3.63, 3.8) is 0 Å². The summed E-state index contributed by atoms with van der Waals surface area (Å²) in [5.74, 6) is 0.996. The Kier molecular flexibility index (Phi) is 8.37. The minimum atomic E-state index is -0.459. The molecule has 0 saturated heterocycles. The van der Waals surface area contributed by atoms with Crippen LogP contribution in [0.2, 0.25) is 0 Å². The molecule has 0 aliphatic rings. The van der Waals surface area contributed by atoms with E-state index in [1.54, 1.807) is 24.6 Å². The Balaban J connectivity index is 1.41. The fourth-order valence-corrected chi connectivity index (χ4v) is 3.80. The van der Waals surface area contributed by atoms with Crippen LogP contribution in [0.25, 0.3) is 0 Å². The highest BCUT2D eigenvalue weighted by Gasteiger charge is 2.11. The zero-order chi connectivity index (χ0) is 27.8. The number of rotatable bonds is 10. The third-order valence-electron chi connectivity index (χ3n) is 5.83. The van der Waals surface area contributed by atoms with Crippen LogP contribution in [0.1, 0.15) is 22.3 Å². The summed E-state index contributed by atoms with van der Waals surface area (Å²) >= 11 is 0. The van der Waals surface area contributed by atoms with Crippen molar-refractivity contribution >= 4 is 35.2 Å². The predicted octanol–water partition coefficient (Wildman–Crippen LogP) is 6.61. The van der Waals surface area contributed by atoms with Gasteiger partial charge in [-0.1, -0.05) is 24.3 Å². The van der Waals surface area contributed by atoms with Crippen LogP contribution >= 0.6 is 0 Å². The average Bonchev–Trinajstić information content (AvgIpc) is 2.96. The second-order valence-corrected chi connectivity index (χ2v) is 8.39. The van der Waals surface area contributed by atoms with Crippen molar-refractivity contribution in [2.75, 3.05) is 14.2 Å². The Morgan fingerprint density at radius 3 is 1.36 bits per heavy atom. The number of aliphatic imine (C=N–C) groups is 2. The monoisotopic (exact) mass is 524 g/mol. The van der Waals surface area contributed by atoms with Crippen LogP contribution in [0.15, 0.2) is 94.9 Å². The normalized spacial score (nSPS) is 11.1. The molecule has 10 nitrogen and oxygen atoms in total. The van der Waals surface area contributed by atoms with E-state index in [0.29, 0.717) is 40.4 Å². The van der Waals surface area contributed by atoms with E-state index in [1.807, 2.05) is 48.5 Å². The van der Waals surface area contributed by atoms with E-state index in [9.17, 15) is 20.2 Å². The van der Waals surface area contributed by atoms with Gasteiger partial charge in [0.2, 0.25) is 0 Å². The Morgan fingerprint density at radius 1 is 0.641 bits per heavy atom. The van der Waals surface area contributed by atoms with E-state index in [2.05, 4.69) is 9.98 Å². The molecule has 0 amide bonds. The lowest BCUT2D eigenvalue weighted by Crippen LogP contribution is -1.94. The Labute approximate surface area is 224 Å². The van der Waals surface area contributed by atoms with Gasteiger partial charge >= 0.3 is 0 Å². The van der Waals surface area contributed by atoms with Gasteiger partial charge in [0.25, 0.3) is 11.4 Å². The molecule has 0 fully saturated rings. The second kappa shape index (κ2) is 12.2. The fourth-order valence-electron chi connectivity index (χ4n) is 3.80. The van der Waals surface area contributed by atoms with E-state index in [1.165, 1.54) is 38.5 Å². The molecule has 0 radical (unpaired) electrons. The van der Waals surface area contributed by atoms with E-state index < -0.39 is 9.85 Å². The highest BCUT2D eigenvalue weighted by atomic mass is 16.6. The van der Waals surface area contributed by atoms with Gasteiger partial charge in [0.1, 0.15) is 11.5 Å². The van der Waals surface area contributed by atoms with E-state index >= 15 is 0 Å². The van der Waals surface area contributed by atoms with Crippen molar-refractivity contribution in [3.05, 3.63) is 127 Å². The van der Waals surface area contributed by atoms with Gasteiger partial charge in [0.05, 0.1) is 35.4 Å². The molecule has 4 rings (SSSR count). The maximum absolute atomic E-state index is 11.1. The smallest absolute Gasteiger partial charge is 0.270 e. The van der Waals surface area contributed by atoms with Gasteiger partial charge < -0.3 is 9.47 Å². The van der Waals surface area contributed by atoms with Crippen LogP contribution in [0.4, 0.5) is 22.7 Å². The quantitative estimate of drug-likeness (QED) is 0.130. The molecule has 196 valence electrons. The zero-order valence-electron chi connectivity index (χ0n) is 21.2. The topological polar surface area (TPSA) is 129 Å². The standard InChI is InChI=1S/C29H24N4O6/c1-38-28-13-11-26(32(34)35)16-22(28)18-30-24-7-3-20(4-8-24)15-21-5-9-25(10-6-21)31-19-23-17-27(33(36)37)12-14-29(23)39-2/h3-14,16-19H,15H2,1-2H3. The first-order chi connectivity index (χ1) is 18.9. The molecule has 0 N–H and O–H groups in total. The van der Waals surface area contributed by atoms with Gasteiger partial charge in [0.15, 0.2) is 0 Å². The summed E-state index contributed by atoms with van der Waals surface area (Å²) in [6, 6.07) is 24.1. The van der Waals surface area contributed by atoms with Crippen LogP contribution in [0.5, 0.6) is 11.5 Å². The Hall–Kier alpha value is -5.38. The zero-order valence-corrected chi connectivity index (χ0v) is 21.2. The molecule has 0 unspecified atom stereocenters. The van der Waals surface area contributed by atoms with Crippen molar-refractivity contribution in [3.8, 4) is 11.5 Å². The van der Waals surface area contributed by atoms with Crippen molar-refractivity contribution in [1.29, 1.82) is 0 Å². The molecule has 0 spiro atoms. The van der Waals surface area contributed by atoms with Crippen LogP contribution in [0, 0.1) is 20.2 Å². The number of nitrogens with zero attached hydrogens (tertiary/aromatic N) is 4. The molecule has 0 atom stereocenters. The number of benzene rings is 4. The summed E-state index contributed by atoms with van der Waals surface area (Å²) < 4.78 is 10.5. The van der Waals surface area contributed by atoms with Crippen molar-refractivity contribution in [1.82, 2.24) is 0 Å². The lowest BCUT2D eigenvalue weighted by molar-refractivity contribution is -0.385. The summed E-state index contributed by atoms with van der Waals surface area (Å²) in [5, 5.41) is 22.1. The molecule has 0 heterocycles. The first-order valence-electron chi connectivity index (χ1n) is 11.8. The van der Waals surface area contributed by atoms with Crippen LogP contribution < -0.4 is 9.47 Å². The molecule has 0 aliphatic heterocycles. The molecule has 39 heavy (non-hydrogen) atoms. The number of non-ortho nitro benzene ring substituents is 2. The van der Waals surface area contributed by atoms with E-state index in [4.69, 9.17) is 9.47 Å². The van der Waals surface area contributed by atoms with E-state index in [-0.39, 0.29) is 11.4 Å². The number of methoxy groups -OCH3 is 2. The number of hydrogen-bond acceptors (Lipinski definition) is 8. The molecule has 0 aliphatic carbocycles. The van der Waals surface area contributed by atoms with Crippen LogP contribution in [-0.2, 0) is 6.42 Å². The van der Waals surface area contributed by atoms with Gasteiger partial charge in [0, 0.05) is 47.8 Å². The van der Waals surface area contributed by atoms with Crippen molar-refractivity contribution < 1.29 is 19.3 Å². The number of nitro benzene ring substituents is 2. The predicted molar refractivity (Wildman–Crippen MR) is 149 cm³/mol. The van der Waals surface area contributed by atoms with Gasteiger partial charge in [-0.15, -0.1) is 0 Å². The lowest BCUT2D eigenvalue weighted by atomic mass is 10.0. The highest BCUT2D eigenvalue weighted by molar-refractivity contribution is 5.87. The minimum absolute atomic E-state index is 0.0342. The largest absolute Gasteiger partial charge is 0.496 e. The summed E-state index contributed by atoms with van der Waals surface area (Å²) in [5.41, 5.74) is 4.53. The van der Waals surface area contributed by atoms with Gasteiger partial charge in [-0.3, -0.25) is 30.2 Å². The molecule has 4 aromatic rings. The minimum Gasteiger partial charge on any atom is -0.496 e.